The first-order valence-corrected chi connectivity index (χ1v) is 25.2. The molecule has 0 radical (unpaired) electrons. The van der Waals surface area contributed by atoms with E-state index in [1.165, 1.54) is 47.4 Å². The van der Waals surface area contributed by atoms with Crippen molar-refractivity contribution in [2.24, 2.45) is 4.99 Å². The number of alkyl halides is 1. The average molecular weight is 1140 g/mol. The molecular formula is C42H51Br4N3O8S3. The number of Topliss-reactive ketones (excluding diaryl/α,β-unsaturated/α-hetero) is 2. The number of rotatable bonds is 8. The number of ether oxygens (including phenoxy) is 3. The lowest BCUT2D eigenvalue weighted by molar-refractivity contribution is -0.147. The van der Waals surface area contributed by atoms with Crippen LogP contribution in [0.4, 0.5) is 9.59 Å². The second-order valence-electron chi connectivity index (χ2n) is 16.4. The Hall–Kier alpha value is -2.22. The lowest BCUT2D eigenvalue weighted by Gasteiger charge is -2.28. The predicted molar refractivity (Wildman–Crippen MR) is 256 cm³/mol. The summed E-state index contributed by atoms with van der Waals surface area (Å²) in [4.78, 5) is 70.7. The van der Waals surface area contributed by atoms with Crippen molar-refractivity contribution in [2.45, 2.75) is 118 Å². The topological polar surface area (TPSA) is 132 Å². The highest BCUT2D eigenvalue weighted by Gasteiger charge is 2.38. The minimum atomic E-state index is -0.695. The van der Waals surface area contributed by atoms with Gasteiger partial charge in [-0.15, -0.1) is 34.0 Å². The molecule has 328 valence electrons. The Morgan fingerprint density at radius 3 is 1.73 bits per heavy atom. The first-order valence-electron chi connectivity index (χ1n) is 19.3. The minimum absolute atomic E-state index is 0.0677. The maximum atomic E-state index is 12.5. The Bertz CT molecular complexity index is 2070. The van der Waals surface area contributed by atoms with E-state index in [0.717, 1.165) is 55.1 Å². The van der Waals surface area contributed by atoms with Crippen LogP contribution in [0.25, 0.3) is 5.57 Å². The van der Waals surface area contributed by atoms with E-state index in [9.17, 15) is 24.0 Å². The third-order valence-corrected chi connectivity index (χ3v) is 16.2. The lowest BCUT2D eigenvalue weighted by Crippen LogP contribution is -2.44. The van der Waals surface area contributed by atoms with Gasteiger partial charge in [0.1, 0.15) is 17.2 Å². The number of aryl methyl sites for hydroxylation is 3. The number of esters is 1. The van der Waals surface area contributed by atoms with Gasteiger partial charge in [-0.25, -0.2) is 14.4 Å². The van der Waals surface area contributed by atoms with Crippen molar-refractivity contribution in [3.05, 3.63) is 67.1 Å². The molecule has 3 aliphatic heterocycles. The molecule has 6 heterocycles. The third-order valence-electron chi connectivity index (χ3n) is 9.08. The summed E-state index contributed by atoms with van der Waals surface area (Å²) in [6.07, 6.45) is 5.19. The van der Waals surface area contributed by atoms with Gasteiger partial charge in [0.2, 0.25) is 5.78 Å². The minimum Gasteiger partial charge on any atom is -0.456 e. The van der Waals surface area contributed by atoms with Crippen LogP contribution in [0.5, 0.6) is 0 Å². The fourth-order valence-corrected chi connectivity index (χ4v) is 11.1. The number of carbonyl (C=O) groups is 5. The Kier molecular flexibility index (Phi) is 18.4. The number of thiophene rings is 3. The molecule has 0 saturated carbocycles. The number of hydrogen-bond donors (Lipinski definition) is 0. The van der Waals surface area contributed by atoms with Gasteiger partial charge < -0.3 is 14.2 Å². The molecule has 11 nitrogen and oxygen atoms in total. The highest BCUT2D eigenvalue weighted by atomic mass is 79.9. The van der Waals surface area contributed by atoms with Crippen LogP contribution < -0.4 is 0 Å². The summed E-state index contributed by atoms with van der Waals surface area (Å²) in [6.45, 7) is 17.9. The van der Waals surface area contributed by atoms with Crippen LogP contribution in [0, 0.1) is 20.8 Å². The van der Waals surface area contributed by atoms with E-state index < -0.39 is 29.3 Å². The van der Waals surface area contributed by atoms with E-state index in [-0.39, 0.29) is 30.3 Å². The molecule has 0 aliphatic carbocycles. The Balaban J connectivity index is 0.000000213. The summed E-state index contributed by atoms with van der Waals surface area (Å²) in [5.41, 5.74) is 4.56. The van der Waals surface area contributed by atoms with Crippen LogP contribution in [0.3, 0.4) is 0 Å². The van der Waals surface area contributed by atoms with Crippen LogP contribution >= 0.6 is 97.7 Å². The standard InChI is InChI=1S/C18H23BrN2O2S.C17H22BrNO5S.C7H6Br2OS/c1-11-8-15(24-16(11)19)12-9-13(20-10-12)14-6-5-7-21(14)17(22)23-18(2,3)4;1-10-8-13(25-14(10)18)12(20)9-23-15(21)11-6-5-7-19(11)16(22)24-17(2,3)4;1-4-2-6(5(10)3-8)11-7(4)9/h8,10,14H,5-7,9H2,1-4H3;8,11H,5-7,9H2,1-4H3;2H,3H2,1H3/t14-;11-;/m00./s1. The van der Waals surface area contributed by atoms with E-state index in [1.54, 1.807) is 38.2 Å². The largest absolute Gasteiger partial charge is 0.456 e. The number of hydrogen-bond acceptors (Lipinski definition) is 12. The summed E-state index contributed by atoms with van der Waals surface area (Å²) < 4.78 is 19.1. The first kappa shape index (κ1) is 50.4. The molecule has 0 N–H and O–H groups in total. The van der Waals surface area contributed by atoms with Gasteiger partial charge in [-0.1, -0.05) is 15.9 Å². The van der Waals surface area contributed by atoms with Crippen molar-refractivity contribution in [3.8, 4) is 0 Å². The molecule has 3 aromatic heterocycles. The van der Waals surface area contributed by atoms with Gasteiger partial charge in [0.05, 0.1) is 32.5 Å². The molecular weight excluding hydrogens is 1090 g/mol. The van der Waals surface area contributed by atoms with Crippen LogP contribution in [0.1, 0.15) is 115 Å². The highest BCUT2D eigenvalue weighted by molar-refractivity contribution is 9.11. The molecule has 0 spiro atoms. The second-order valence-corrected chi connectivity index (χ2v) is 24.1. The van der Waals surface area contributed by atoms with Gasteiger partial charge in [-0.3, -0.25) is 24.4 Å². The van der Waals surface area contributed by atoms with E-state index in [2.05, 4.69) is 81.7 Å². The molecule has 60 heavy (non-hydrogen) atoms. The zero-order valence-electron chi connectivity index (χ0n) is 35.2. The SMILES string of the molecule is Cc1cc(C(=O)CBr)sc1Br.Cc1cc(C(=O)COC(=O)[C@@H]2CCCN2C(=O)OC(C)(C)C)sc1Br.Cc1cc(C2=CN=C([C@@H]3CCCN3C(=O)OC(C)(C)C)C2)sc1Br. The molecule has 0 bridgehead atoms. The van der Waals surface area contributed by atoms with Crippen molar-refractivity contribution in [1.29, 1.82) is 0 Å². The Morgan fingerprint density at radius 2 is 1.23 bits per heavy atom. The van der Waals surface area contributed by atoms with E-state index >= 15 is 0 Å². The molecule has 3 aromatic rings. The molecule has 3 aliphatic rings. The number of carbonyl (C=O) groups excluding carboxylic acids is 5. The maximum absolute atomic E-state index is 12.5. The molecule has 6 rings (SSSR count). The molecule has 0 aromatic carbocycles. The molecule has 2 fully saturated rings. The molecule has 2 atom stereocenters. The summed E-state index contributed by atoms with van der Waals surface area (Å²) in [5.74, 6) is -0.679. The van der Waals surface area contributed by atoms with Gasteiger partial charge >= 0.3 is 18.2 Å². The first-order chi connectivity index (χ1) is 28.0. The number of ketones is 2. The van der Waals surface area contributed by atoms with Gasteiger partial charge in [0.25, 0.3) is 0 Å². The summed E-state index contributed by atoms with van der Waals surface area (Å²) in [6, 6.07) is 5.23. The number of allylic oxidation sites excluding steroid dienone is 1. The van der Waals surface area contributed by atoms with E-state index in [0.29, 0.717) is 29.6 Å². The number of likely N-dealkylation sites (tertiary alicyclic amines) is 2. The maximum Gasteiger partial charge on any atom is 0.411 e. The van der Waals surface area contributed by atoms with Crippen molar-refractivity contribution < 1.29 is 38.2 Å². The fourth-order valence-electron chi connectivity index (χ4n) is 6.19. The van der Waals surface area contributed by atoms with Crippen molar-refractivity contribution in [1.82, 2.24) is 9.80 Å². The Morgan fingerprint density at radius 1 is 0.733 bits per heavy atom. The number of aliphatic imine (C=N–C) groups is 1. The number of nitrogens with zero attached hydrogens (tertiary/aromatic N) is 3. The zero-order chi connectivity index (χ0) is 44.7. The van der Waals surface area contributed by atoms with Crippen LogP contribution in [-0.2, 0) is 19.0 Å². The number of halogens is 4. The van der Waals surface area contributed by atoms with Crippen molar-refractivity contribution in [2.75, 3.05) is 25.0 Å². The monoisotopic (exact) mass is 1140 g/mol. The van der Waals surface area contributed by atoms with Crippen molar-refractivity contribution in [3.63, 3.8) is 0 Å². The second kappa shape index (κ2) is 21.9. The average Bonchev–Trinajstić information content (AvgIpc) is 4.02. The summed E-state index contributed by atoms with van der Waals surface area (Å²) in [5, 5.41) is 0.402. The van der Waals surface area contributed by atoms with Crippen molar-refractivity contribution >= 4 is 139 Å². The molecule has 2 amide bonds. The van der Waals surface area contributed by atoms with E-state index in [1.807, 2.05) is 51.8 Å². The highest BCUT2D eigenvalue weighted by Crippen LogP contribution is 2.37. The molecule has 2 saturated heterocycles. The number of amides is 2. The summed E-state index contributed by atoms with van der Waals surface area (Å²) in [7, 11) is 0. The smallest absolute Gasteiger partial charge is 0.411 e. The van der Waals surface area contributed by atoms with Crippen LogP contribution in [-0.4, -0.2) is 93.5 Å². The zero-order valence-corrected chi connectivity index (χ0v) is 44.0. The van der Waals surface area contributed by atoms with Gasteiger partial charge in [-0.05, 0) is 176 Å². The lowest BCUT2D eigenvalue weighted by atomic mass is 10.0. The van der Waals surface area contributed by atoms with Gasteiger partial charge in [-0.2, -0.15) is 0 Å². The third kappa shape index (κ3) is 14.4. The fraction of sp³-hybridized carbons (Fsp3) is 0.524. The normalized spacial score (nSPS) is 17.6. The van der Waals surface area contributed by atoms with Gasteiger partial charge in [0.15, 0.2) is 12.4 Å². The quantitative estimate of drug-likeness (QED) is 0.0943. The Labute approximate surface area is 398 Å². The van der Waals surface area contributed by atoms with E-state index in [4.69, 9.17) is 14.2 Å². The van der Waals surface area contributed by atoms with Crippen LogP contribution in [0.2, 0.25) is 0 Å². The molecule has 18 heteroatoms. The molecule has 0 unspecified atom stereocenters. The van der Waals surface area contributed by atoms with Gasteiger partial charge in [0, 0.05) is 36.3 Å². The summed E-state index contributed by atoms with van der Waals surface area (Å²) >= 11 is 18.0. The predicted octanol–water partition coefficient (Wildman–Crippen LogP) is 12.7. The van der Waals surface area contributed by atoms with Crippen LogP contribution in [0.15, 0.2) is 40.8 Å².